The number of nitrogens with zero attached hydrogens (tertiary/aromatic N) is 1. The number of hydrogen-bond donors (Lipinski definition) is 1. The summed E-state index contributed by atoms with van der Waals surface area (Å²) >= 11 is 1.69. The predicted octanol–water partition coefficient (Wildman–Crippen LogP) is 2.55. The molecule has 3 heteroatoms. The Labute approximate surface area is 96.1 Å². The van der Waals surface area contributed by atoms with Crippen molar-refractivity contribution in [2.24, 2.45) is 0 Å². The molecular weight excluding hydrogens is 204 g/mol. The van der Waals surface area contributed by atoms with E-state index in [4.69, 9.17) is 6.42 Å². The lowest BCUT2D eigenvalue weighted by Gasteiger charge is -2.14. The molecule has 15 heavy (non-hydrogen) atoms. The van der Waals surface area contributed by atoms with Crippen molar-refractivity contribution in [2.75, 3.05) is 0 Å². The molecule has 0 amide bonds. The Balaban J connectivity index is 2.59. The first kappa shape index (κ1) is 12.2. The third kappa shape index (κ3) is 3.65. The predicted molar refractivity (Wildman–Crippen MR) is 65.9 cm³/mol. The van der Waals surface area contributed by atoms with Crippen LogP contribution in [0.25, 0.3) is 0 Å². The average Bonchev–Trinajstić information content (AvgIpc) is 2.61. The molecule has 1 heterocycles. The van der Waals surface area contributed by atoms with E-state index in [9.17, 15) is 0 Å². The summed E-state index contributed by atoms with van der Waals surface area (Å²) in [6.45, 7) is 9.24. The fourth-order valence-corrected chi connectivity index (χ4v) is 2.01. The second kappa shape index (κ2) is 4.78. The lowest BCUT2D eigenvalue weighted by Crippen LogP contribution is -2.23. The molecule has 0 aromatic carbocycles. The number of thiazole rings is 1. The van der Waals surface area contributed by atoms with Crippen LogP contribution in [-0.2, 0) is 12.0 Å². The molecule has 82 valence electrons. The van der Waals surface area contributed by atoms with Crippen LogP contribution < -0.4 is 5.32 Å². The van der Waals surface area contributed by atoms with Crippen molar-refractivity contribution in [2.45, 2.75) is 45.7 Å². The Bertz CT molecular complexity index is 354. The van der Waals surface area contributed by atoms with Gasteiger partial charge in [-0.1, -0.05) is 26.7 Å². The zero-order valence-electron chi connectivity index (χ0n) is 9.79. The van der Waals surface area contributed by atoms with Crippen molar-refractivity contribution in [3.63, 3.8) is 0 Å². The second-order valence-electron chi connectivity index (χ2n) is 4.65. The topological polar surface area (TPSA) is 24.9 Å². The fourth-order valence-electron chi connectivity index (χ4n) is 1.04. The van der Waals surface area contributed by atoms with E-state index in [1.807, 2.05) is 6.92 Å². The van der Waals surface area contributed by atoms with Gasteiger partial charge in [0.1, 0.15) is 5.01 Å². The van der Waals surface area contributed by atoms with E-state index in [0.717, 1.165) is 17.2 Å². The molecule has 2 nitrogen and oxygen atoms in total. The average molecular weight is 222 g/mol. The summed E-state index contributed by atoms with van der Waals surface area (Å²) in [6, 6.07) is 0.104. The van der Waals surface area contributed by atoms with Crippen LogP contribution in [0.4, 0.5) is 0 Å². The minimum Gasteiger partial charge on any atom is -0.297 e. The van der Waals surface area contributed by atoms with Gasteiger partial charge in [0, 0.05) is 17.3 Å². The molecule has 0 bridgehead atoms. The van der Waals surface area contributed by atoms with Crippen LogP contribution in [0.2, 0.25) is 0 Å². The van der Waals surface area contributed by atoms with Crippen molar-refractivity contribution in [1.29, 1.82) is 0 Å². The van der Waals surface area contributed by atoms with Crippen molar-refractivity contribution >= 4 is 11.3 Å². The van der Waals surface area contributed by atoms with E-state index >= 15 is 0 Å². The highest BCUT2D eigenvalue weighted by Gasteiger charge is 2.17. The molecule has 0 aliphatic carbocycles. The molecular formula is C12H18N2S. The van der Waals surface area contributed by atoms with Crippen molar-refractivity contribution < 1.29 is 0 Å². The Morgan fingerprint density at radius 2 is 2.27 bits per heavy atom. The van der Waals surface area contributed by atoms with Crippen LogP contribution in [0.1, 0.15) is 38.4 Å². The summed E-state index contributed by atoms with van der Waals surface area (Å²) in [5.74, 6) is 2.64. The number of rotatable bonds is 3. The van der Waals surface area contributed by atoms with Gasteiger partial charge in [0.25, 0.3) is 0 Å². The Morgan fingerprint density at radius 1 is 1.60 bits per heavy atom. The molecule has 0 radical (unpaired) electrons. The minimum atomic E-state index is 0.104. The van der Waals surface area contributed by atoms with Crippen molar-refractivity contribution in [1.82, 2.24) is 10.3 Å². The monoisotopic (exact) mass is 222 g/mol. The molecule has 1 atom stereocenters. The molecule has 0 aliphatic rings. The SMILES string of the molecule is C#CC(C)NCc1nc(C(C)(C)C)cs1. The van der Waals surface area contributed by atoms with E-state index < -0.39 is 0 Å². The van der Waals surface area contributed by atoms with Gasteiger partial charge in [-0.2, -0.15) is 0 Å². The Hall–Kier alpha value is -0.850. The third-order valence-corrected chi connectivity index (χ3v) is 2.98. The Kier molecular flexibility index (Phi) is 3.90. The van der Waals surface area contributed by atoms with Crippen LogP contribution in [-0.4, -0.2) is 11.0 Å². The lowest BCUT2D eigenvalue weighted by atomic mass is 9.93. The summed E-state index contributed by atoms with van der Waals surface area (Å²) in [7, 11) is 0. The largest absolute Gasteiger partial charge is 0.297 e. The molecule has 1 unspecified atom stereocenters. The van der Waals surface area contributed by atoms with E-state index in [0.29, 0.717) is 0 Å². The van der Waals surface area contributed by atoms with Gasteiger partial charge in [-0.3, -0.25) is 5.32 Å². The highest BCUT2D eigenvalue weighted by molar-refractivity contribution is 7.09. The second-order valence-corrected chi connectivity index (χ2v) is 5.59. The first-order valence-electron chi connectivity index (χ1n) is 5.08. The van der Waals surface area contributed by atoms with Gasteiger partial charge in [0.2, 0.25) is 0 Å². The zero-order valence-corrected chi connectivity index (χ0v) is 10.6. The van der Waals surface area contributed by atoms with E-state index in [-0.39, 0.29) is 11.5 Å². The first-order chi connectivity index (χ1) is 6.93. The molecule has 0 fully saturated rings. The summed E-state index contributed by atoms with van der Waals surface area (Å²) in [6.07, 6.45) is 5.28. The van der Waals surface area contributed by atoms with Crippen LogP contribution in [0.5, 0.6) is 0 Å². The fraction of sp³-hybridized carbons (Fsp3) is 0.583. The van der Waals surface area contributed by atoms with Crippen LogP contribution in [0, 0.1) is 12.3 Å². The van der Waals surface area contributed by atoms with Gasteiger partial charge < -0.3 is 0 Å². The van der Waals surface area contributed by atoms with Crippen LogP contribution in [0.15, 0.2) is 5.38 Å². The maximum atomic E-state index is 5.28. The number of hydrogen-bond acceptors (Lipinski definition) is 3. The van der Waals surface area contributed by atoms with Crippen molar-refractivity contribution in [3.8, 4) is 12.3 Å². The van der Waals surface area contributed by atoms with E-state index in [1.165, 1.54) is 0 Å². The Morgan fingerprint density at radius 3 is 2.73 bits per heavy atom. The van der Waals surface area contributed by atoms with Gasteiger partial charge in [0.15, 0.2) is 0 Å². The molecule has 1 aromatic heterocycles. The van der Waals surface area contributed by atoms with Gasteiger partial charge in [-0.25, -0.2) is 4.98 Å². The maximum Gasteiger partial charge on any atom is 0.107 e. The highest BCUT2D eigenvalue weighted by Crippen LogP contribution is 2.23. The smallest absolute Gasteiger partial charge is 0.107 e. The molecule has 0 saturated heterocycles. The first-order valence-corrected chi connectivity index (χ1v) is 5.96. The van der Waals surface area contributed by atoms with E-state index in [2.05, 4.69) is 42.4 Å². The molecule has 1 aromatic rings. The maximum absolute atomic E-state index is 5.28. The number of aromatic nitrogens is 1. The van der Waals surface area contributed by atoms with Crippen molar-refractivity contribution in [3.05, 3.63) is 16.1 Å². The summed E-state index contributed by atoms with van der Waals surface area (Å²) in [5, 5.41) is 6.45. The summed E-state index contributed by atoms with van der Waals surface area (Å²) in [4.78, 5) is 4.58. The van der Waals surface area contributed by atoms with Gasteiger partial charge in [-0.15, -0.1) is 17.8 Å². The number of nitrogens with one attached hydrogen (secondary N) is 1. The minimum absolute atomic E-state index is 0.104. The molecule has 1 N–H and O–H groups in total. The third-order valence-electron chi connectivity index (χ3n) is 2.13. The van der Waals surface area contributed by atoms with Gasteiger partial charge >= 0.3 is 0 Å². The lowest BCUT2D eigenvalue weighted by molar-refractivity contribution is 0.567. The van der Waals surface area contributed by atoms with E-state index in [1.54, 1.807) is 11.3 Å². The number of terminal acetylenes is 1. The summed E-state index contributed by atoms with van der Waals surface area (Å²) in [5.41, 5.74) is 1.28. The normalized spacial score (nSPS) is 13.5. The zero-order chi connectivity index (χ0) is 11.5. The molecule has 0 spiro atoms. The molecule has 1 rings (SSSR count). The standard InChI is InChI=1S/C12H18N2S/c1-6-9(2)13-7-11-14-10(8-15-11)12(3,4)5/h1,8-9,13H,7H2,2-5H3. The van der Waals surface area contributed by atoms with Crippen LogP contribution >= 0.6 is 11.3 Å². The summed E-state index contributed by atoms with van der Waals surface area (Å²) < 4.78 is 0. The molecule has 0 saturated carbocycles. The molecule has 0 aliphatic heterocycles. The van der Waals surface area contributed by atoms with Gasteiger partial charge in [0.05, 0.1) is 11.7 Å². The quantitative estimate of drug-likeness (QED) is 0.795. The van der Waals surface area contributed by atoms with Gasteiger partial charge in [-0.05, 0) is 6.92 Å². The highest BCUT2D eigenvalue weighted by atomic mass is 32.1. The van der Waals surface area contributed by atoms with Crippen LogP contribution in [0.3, 0.4) is 0 Å².